The van der Waals surface area contributed by atoms with Gasteiger partial charge in [0.2, 0.25) is 5.91 Å². The monoisotopic (exact) mass is 279 g/mol. The van der Waals surface area contributed by atoms with Crippen LogP contribution < -0.4 is 5.32 Å². The molecular weight excluding hydrogens is 264 g/mol. The summed E-state index contributed by atoms with van der Waals surface area (Å²) in [5.41, 5.74) is 0.524. The minimum atomic E-state index is -0.917. The number of aromatic nitrogens is 2. The maximum atomic E-state index is 13.1. The molecular formula is C14H15F2N3O. The van der Waals surface area contributed by atoms with E-state index in [-0.39, 0.29) is 18.4 Å². The zero-order valence-corrected chi connectivity index (χ0v) is 11.0. The number of rotatable bonds is 5. The van der Waals surface area contributed by atoms with Crippen molar-refractivity contribution in [2.75, 3.05) is 0 Å². The predicted octanol–water partition coefficient (Wildman–Crippen LogP) is 2.43. The van der Waals surface area contributed by atoms with Crippen molar-refractivity contribution >= 4 is 5.91 Å². The van der Waals surface area contributed by atoms with Crippen LogP contribution in [-0.4, -0.2) is 15.7 Å². The second-order valence-corrected chi connectivity index (χ2v) is 4.48. The van der Waals surface area contributed by atoms with E-state index in [2.05, 4.69) is 10.4 Å². The van der Waals surface area contributed by atoms with Crippen molar-refractivity contribution in [3.63, 3.8) is 0 Å². The molecule has 0 fully saturated rings. The van der Waals surface area contributed by atoms with E-state index >= 15 is 0 Å². The Hall–Kier alpha value is -2.24. The number of benzene rings is 1. The number of amides is 1. The molecule has 1 N–H and O–H groups in total. The van der Waals surface area contributed by atoms with Gasteiger partial charge in [0.15, 0.2) is 11.6 Å². The van der Waals surface area contributed by atoms with Crippen LogP contribution >= 0.6 is 0 Å². The molecule has 1 aromatic heterocycles. The van der Waals surface area contributed by atoms with Crippen LogP contribution in [0.3, 0.4) is 0 Å². The Bertz CT molecular complexity index is 584. The van der Waals surface area contributed by atoms with Crippen LogP contribution in [0.25, 0.3) is 0 Å². The Morgan fingerprint density at radius 1 is 1.40 bits per heavy atom. The van der Waals surface area contributed by atoms with Crippen LogP contribution in [0.5, 0.6) is 0 Å². The zero-order chi connectivity index (χ0) is 14.5. The first-order chi connectivity index (χ1) is 9.56. The Morgan fingerprint density at radius 2 is 2.20 bits per heavy atom. The van der Waals surface area contributed by atoms with Crippen molar-refractivity contribution in [2.45, 2.75) is 25.9 Å². The Labute approximate surface area is 115 Å². The average molecular weight is 279 g/mol. The van der Waals surface area contributed by atoms with Crippen molar-refractivity contribution in [2.24, 2.45) is 0 Å². The topological polar surface area (TPSA) is 46.9 Å². The van der Waals surface area contributed by atoms with Gasteiger partial charge in [-0.2, -0.15) is 5.10 Å². The van der Waals surface area contributed by atoms with Gasteiger partial charge < -0.3 is 5.32 Å². The standard InChI is InChI=1S/C14H15F2N3O/c1-10(11-3-4-12(15)13(16)9-11)18-14(20)5-8-19-7-2-6-17-19/h2-4,6-7,9-10H,5,8H2,1H3,(H,18,20). The van der Waals surface area contributed by atoms with Gasteiger partial charge in [0, 0.05) is 25.4 Å². The SMILES string of the molecule is CC(NC(=O)CCn1cccn1)c1ccc(F)c(F)c1. The summed E-state index contributed by atoms with van der Waals surface area (Å²) in [6, 6.07) is 5.00. The molecule has 4 nitrogen and oxygen atoms in total. The van der Waals surface area contributed by atoms with Crippen LogP contribution in [0.4, 0.5) is 8.78 Å². The second-order valence-electron chi connectivity index (χ2n) is 4.48. The highest BCUT2D eigenvalue weighted by atomic mass is 19.2. The number of carbonyl (C=O) groups excluding carboxylic acids is 1. The van der Waals surface area contributed by atoms with Gasteiger partial charge in [-0.3, -0.25) is 9.48 Å². The molecule has 1 heterocycles. The van der Waals surface area contributed by atoms with E-state index in [9.17, 15) is 13.6 Å². The van der Waals surface area contributed by atoms with E-state index in [4.69, 9.17) is 0 Å². The molecule has 0 bridgehead atoms. The normalized spacial score (nSPS) is 12.2. The summed E-state index contributed by atoms with van der Waals surface area (Å²) in [6.45, 7) is 2.20. The van der Waals surface area contributed by atoms with Crippen LogP contribution in [-0.2, 0) is 11.3 Å². The third-order valence-corrected chi connectivity index (χ3v) is 2.95. The Morgan fingerprint density at radius 3 is 2.85 bits per heavy atom. The van der Waals surface area contributed by atoms with E-state index < -0.39 is 11.6 Å². The van der Waals surface area contributed by atoms with Crippen molar-refractivity contribution < 1.29 is 13.6 Å². The third-order valence-electron chi connectivity index (χ3n) is 2.95. The highest BCUT2D eigenvalue weighted by Crippen LogP contribution is 2.16. The maximum Gasteiger partial charge on any atom is 0.222 e. The molecule has 0 spiro atoms. The second kappa shape index (κ2) is 6.27. The minimum absolute atomic E-state index is 0.169. The van der Waals surface area contributed by atoms with Gasteiger partial charge >= 0.3 is 0 Å². The van der Waals surface area contributed by atoms with E-state index in [0.717, 1.165) is 12.1 Å². The fourth-order valence-electron chi connectivity index (χ4n) is 1.83. The third kappa shape index (κ3) is 3.63. The molecule has 6 heteroatoms. The lowest BCUT2D eigenvalue weighted by molar-refractivity contribution is -0.122. The lowest BCUT2D eigenvalue weighted by Crippen LogP contribution is -2.27. The maximum absolute atomic E-state index is 13.1. The first-order valence-corrected chi connectivity index (χ1v) is 6.28. The predicted molar refractivity (Wildman–Crippen MR) is 69.8 cm³/mol. The molecule has 1 atom stereocenters. The smallest absolute Gasteiger partial charge is 0.222 e. The highest BCUT2D eigenvalue weighted by Gasteiger charge is 2.12. The van der Waals surface area contributed by atoms with Crippen LogP contribution in [0, 0.1) is 11.6 Å². The van der Waals surface area contributed by atoms with Crippen molar-refractivity contribution in [1.82, 2.24) is 15.1 Å². The van der Waals surface area contributed by atoms with Crippen molar-refractivity contribution in [3.05, 3.63) is 53.9 Å². The number of halogens is 2. The van der Waals surface area contributed by atoms with Crippen LogP contribution in [0.1, 0.15) is 24.9 Å². The quantitative estimate of drug-likeness (QED) is 0.913. The van der Waals surface area contributed by atoms with Crippen molar-refractivity contribution in [1.29, 1.82) is 0 Å². The van der Waals surface area contributed by atoms with E-state index in [1.165, 1.54) is 6.07 Å². The molecule has 1 unspecified atom stereocenters. The first-order valence-electron chi connectivity index (χ1n) is 6.28. The van der Waals surface area contributed by atoms with Gasteiger partial charge in [-0.05, 0) is 30.7 Å². The van der Waals surface area contributed by atoms with Crippen LogP contribution in [0.15, 0.2) is 36.7 Å². The Balaban J connectivity index is 1.88. The molecule has 1 aromatic carbocycles. The number of nitrogens with one attached hydrogen (secondary N) is 1. The molecule has 20 heavy (non-hydrogen) atoms. The number of carbonyl (C=O) groups is 1. The fourth-order valence-corrected chi connectivity index (χ4v) is 1.83. The lowest BCUT2D eigenvalue weighted by Gasteiger charge is -2.14. The summed E-state index contributed by atoms with van der Waals surface area (Å²) in [4.78, 5) is 11.8. The lowest BCUT2D eigenvalue weighted by atomic mass is 10.1. The molecule has 106 valence electrons. The number of hydrogen-bond acceptors (Lipinski definition) is 2. The summed E-state index contributed by atoms with van der Waals surface area (Å²) in [5, 5.41) is 6.73. The molecule has 2 rings (SSSR count). The van der Waals surface area contributed by atoms with Gasteiger partial charge in [0.1, 0.15) is 0 Å². The Kier molecular flexibility index (Phi) is 4.45. The molecule has 0 aliphatic carbocycles. The summed E-state index contributed by atoms with van der Waals surface area (Å²) in [6.07, 6.45) is 3.68. The molecule has 0 aliphatic heterocycles. The molecule has 1 amide bonds. The van der Waals surface area contributed by atoms with E-state index in [1.54, 1.807) is 30.1 Å². The van der Waals surface area contributed by atoms with Crippen LogP contribution in [0.2, 0.25) is 0 Å². The summed E-state index contributed by atoms with van der Waals surface area (Å²) < 4.78 is 27.6. The van der Waals surface area contributed by atoms with Crippen molar-refractivity contribution in [3.8, 4) is 0 Å². The van der Waals surface area contributed by atoms with Gasteiger partial charge in [-0.25, -0.2) is 8.78 Å². The summed E-state index contributed by atoms with van der Waals surface area (Å²) in [5.74, 6) is -1.98. The zero-order valence-electron chi connectivity index (χ0n) is 11.0. The average Bonchev–Trinajstić information content (AvgIpc) is 2.92. The van der Waals surface area contributed by atoms with Gasteiger partial charge in [-0.15, -0.1) is 0 Å². The van der Waals surface area contributed by atoms with E-state index in [1.807, 2.05) is 0 Å². The highest BCUT2D eigenvalue weighted by molar-refractivity contribution is 5.76. The number of nitrogens with zero attached hydrogens (tertiary/aromatic N) is 2. The number of aryl methyl sites for hydroxylation is 1. The summed E-state index contributed by atoms with van der Waals surface area (Å²) in [7, 11) is 0. The van der Waals surface area contributed by atoms with Gasteiger partial charge in [0.25, 0.3) is 0 Å². The van der Waals surface area contributed by atoms with Gasteiger partial charge in [-0.1, -0.05) is 6.07 Å². The molecule has 0 saturated carbocycles. The molecule has 2 aromatic rings. The van der Waals surface area contributed by atoms with Gasteiger partial charge in [0.05, 0.1) is 6.04 Å². The van der Waals surface area contributed by atoms with E-state index in [0.29, 0.717) is 12.1 Å². The number of hydrogen-bond donors (Lipinski definition) is 1. The molecule has 0 saturated heterocycles. The molecule has 0 radical (unpaired) electrons. The fraction of sp³-hybridized carbons (Fsp3) is 0.286. The molecule has 0 aliphatic rings. The summed E-state index contributed by atoms with van der Waals surface area (Å²) >= 11 is 0. The first kappa shape index (κ1) is 14.2. The minimum Gasteiger partial charge on any atom is -0.350 e. The largest absolute Gasteiger partial charge is 0.350 e.